The van der Waals surface area contributed by atoms with Gasteiger partial charge in [0.1, 0.15) is 24.7 Å². The quantitative estimate of drug-likeness (QED) is 0.148. The Morgan fingerprint density at radius 1 is 0.649 bits per heavy atom. The maximum atomic E-state index is 12.3. The maximum absolute atomic E-state index is 12.3. The molecule has 2 aromatic carbocycles. The Kier molecular flexibility index (Phi) is 17.9. The van der Waals surface area contributed by atoms with Crippen molar-refractivity contribution in [1.82, 2.24) is 5.32 Å². The van der Waals surface area contributed by atoms with E-state index in [1.54, 1.807) is 0 Å². The molecule has 2 N–H and O–H groups in total. The van der Waals surface area contributed by atoms with Crippen LogP contribution in [0, 0.1) is 0 Å². The fourth-order valence-corrected chi connectivity index (χ4v) is 4.35. The third-order valence-electron chi connectivity index (χ3n) is 6.47. The van der Waals surface area contributed by atoms with Crippen LogP contribution in [0.2, 0.25) is 0 Å². The van der Waals surface area contributed by atoms with Gasteiger partial charge in [0.05, 0.1) is 6.54 Å². The molecule has 0 aliphatic carbocycles. The van der Waals surface area contributed by atoms with Crippen molar-refractivity contribution in [2.24, 2.45) is 0 Å². The van der Waals surface area contributed by atoms with Crippen LogP contribution in [0.1, 0.15) is 96.8 Å². The van der Waals surface area contributed by atoms with Gasteiger partial charge in [-0.3, -0.25) is 4.79 Å². The fourth-order valence-electron chi connectivity index (χ4n) is 4.35. The monoisotopic (exact) mass is 510 g/mol. The minimum Gasteiger partial charge on any atom is -0.490 e. The lowest BCUT2D eigenvalue weighted by atomic mass is 10.0. The Hall–Kier alpha value is -2.53. The number of carbonyl (C=O) groups is 1. The van der Waals surface area contributed by atoms with Gasteiger partial charge in [0.2, 0.25) is 5.91 Å². The van der Waals surface area contributed by atoms with Crippen molar-refractivity contribution in [3.63, 3.8) is 0 Å². The van der Waals surface area contributed by atoms with Crippen molar-refractivity contribution in [2.75, 3.05) is 31.6 Å². The van der Waals surface area contributed by atoms with Gasteiger partial charge in [-0.25, -0.2) is 0 Å². The first kappa shape index (κ1) is 30.7. The summed E-state index contributed by atoms with van der Waals surface area (Å²) in [5.74, 6) is 1.51. The first-order valence-electron chi connectivity index (χ1n) is 14.7. The molecule has 0 saturated heterocycles. The number of nitrogens with one attached hydrogen (secondary N) is 2. The number of hydrogen-bond donors (Lipinski definition) is 2. The van der Waals surface area contributed by atoms with Gasteiger partial charge in [0.15, 0.2) is 0 Å². The second-order valence-corrected chi connectivity index (χ2v) is 9.86. The van der Waals surface area contributed by atoms with E-state index in [0.717, 1.165) is 24.4 Å². The first-order valence-corrected chi connectivity index (χ1v) is 14.7. The molecule has 0 fully saturated rings. The molecule has 0 saturated carbocycles. The number of amides is 1. The van der Waals surface area contributed by atoms with Crippen molar-refractivity contribution < 1.29 is 14.3 Å². The Bertz CT molecular complexity index is 813. The summed E-state index contributed by atoms with van der Waals surface area (Å²) in [5, 5.41) is 6.20. The molecule has 5 nitrogen and oxygen atoms in total. The second kappa shape index (κ2) is 21.5. The molecule has 0 bridgehead atoms. The zero-order valence-electron chi connectivity index (χ0n) is 23.1. The number of anilines is 1. The van der Waals surface area contributed by atoms with Crippen LogP contribution in [-0.4, -0.2) is 32.2 Å². The average molecular weight is 511 g/mol. The van der Waals surface area contributed by atoms with Crippen molar-refractivity contribution in [3.05, 3.63) is 54.6 Å². The van der Waals surface area contributed by atoms with Crippen LogP contribution >= 0.6 is 0 Å². The van der Waals surface area contributed by atoms with Crippen molar-refractivity contribution in [3.8, 4) is 11.5 Å². The van der Waals surface area contributed by atoms with Gasteiger partial charge in [-0.15, -0.1) is 0 Å². The lowest BCUT2D eigenvalue weighted by molar-refractivity contribution is -0.115. The third kappa shape index (κ3) is 16.8. The Balaban J connectivity index is 1.40. The summed E-state index contributed by atoms with van der Waals surface area (Å²) in [4.78, 5) is 12.3. The van der Waals surface area contributed by atoms with Crippen LogP contribution in [0.15, 0.2) is 54.6 Å². The average Bonchev–Trinajstić information content (AvgIpc) is 2.92. The highest BCUT2D eigenvalue weighted by molar-refractivity contribution is 5.92. The maximum Gasteiger partial charge on any atom is 0.238 e. The lowest BCUT2D eigenvalue weighted by Gasteiger charge is -2.10. The van der Waals surface area contributed by atoms with Crippen molar-refractivity contribution >= 4 is 11.6 Å². The minimum atomic E-state index is -0.0325. The van der Waals surface area contributed by atoms with E-state index in [-0.39, 0.29) is 5.91 Å². The van der Waals surface area contributed by atoms with E-state index in [9.17, 15) is 4.79 Å². The van der Waals surface area contributed by atoms with Gasteiger partial charge < -0.3 is 20.1 Å². The topological polar surface area (TPSA) is 59.6 Å². The lowest BCUT2D eigenvalue weighted by Crippen LogP contribution is -2.28. The van der Waals surface area contributed by atoms with Gasteiger partial charge in [0.25, 0.3) is 0 Å². The van der Waals surface area contributed by atoms with E-state index in [2.05, 4.69) is 17.6 Å². The minimum absolute atomic E-state index is 0.0325. The van der Waals surface area contributed by atoms with E-state index in [0.29, 0.717) is 25.5 Å². The molecule has 206 valence electrons. The molecule has 0 radical (unpaired) electrons. The second-order valence-electron chi connectivity index (χ2n) is 9.86. The summed E-state index contributed by atoms with van der Waals surface area (Å²) in [6.07, 6.45) is 19.0. The van der Waals surface area contributed by atoms with Crippen molar-refractivity contribution in [2.45, 2.75) is 96.8 Å². The molecule has 0 heterocycles. The van der Waals surface area contributed by atoms with Gasteiger partial charge in [-0.1, -0.05) is 115 Å². The number of ether oxygens (including phenoxy) is 2. The summed E-state index contributed by atoms with van der Waals surface area (Å²) in [6, 6.07) is 17.2. The SMILES string of the molecule is CCCCCCCCCCCCCCCCNCC(=O)Nc1cccc(OCCOc2ccccc2)c1. The number of carbonyl (C=O) groups excluding carboxylic acids is 1. The molecule has 0 unspecified atom stereocenters. The standard InChI is InChI=1S/C32H50N2O3/c1-2-3-4-5-6-7-8-9-10-11-12-13-14-18-24-33-28-32(35)34-29-20-19-23-31(27-29)37-26-25-36-30-21-16-15-17-22-30/h15-17,19-23,27,33H,2-14,18,24-26,28H2,1H3,(H,34,35). The Labute approximate surface area is 225 Å². The molecule has 0 aliphatic heterocycles. The molecule has 0 atom stereocenters. The van der Waals surface area contributed by atoms with Gasteiger partial charge in [0, 0.05) is 11.8 Å². The van der Waals surface area contributed by atoms with E-state index in [4.69, 9.17) is 9.47 Å². The van der Waals surface area contributed by atoms with Crippen LogP contribution < -0.4 is 20.1 Å². The van der Waals surface area contributed by atoms with E-state index in [1.807, 2.05) is 54.6 Å². The van der Waals surface area contributed by atoms with Crippen LogP contribution in [0.3, 0.4) is 0 Å². The fraction of sp³-hybridized carbons (Fsp3) is 0.594. The normalized spacial score (nSPS) is 10.8. The van der Waals surface area contributed by atoms with Gasteiger partial charge >= 0.3 is 0 Å². The van der Waals surface area contributed by atoms with Gasteiger partial charge in [-0.2, -0.15) is 0 Å². The van der Waals surface area contributed by atoms with E-state index >= 15 is 0 Å². The number of para-hydroxylation sites is 1. The molecule has 1 amide bonds. The number of rotatable bonds is 23. The molecule has 5 heteroatoms. The summed E-state index contributed by atoms with van der Waals surface area (Å²) < 4.78 is 11.4. The number of benzene rings is 2. The smallest absolute Gasteiger partial charge is 0.238 e. The summed E-state index contributed by atoms with van der Waals surface area (Å²) in [5.41, 5.74) is 0.741. The molecular weight excluding hydrogens is 460 g/mol. The molecule has 2 rings (SSSR count). The summed E-state index contributed by atoms with van der Waals surface area (Å²) >= 11 is 0. The zero-order valence-corrected chi connectivity index (χ0v) is 23.1. The summed E-state index contributed by atoms with van der Waals surface area (Å²) in [7, 11) is 0. The van der Waals surface area contributed by atoms with Crippen LogP contribution in [0.4, 0.5) is 5.69 Å². The Morgan fingerprint density at radius 3 is 1.81 bits per heavy atom. The molecule has 0 spiro atoms. The predicted molar refractivity (Wildman–Crippen MR) is 156 cm³/mol. The molecule has 0 aromatic heterocycles. The first-order chi connectivity index (χ1) is 18.3. The molecular formula is C32H50N2O3. The highest BCUT2D eigenvalue weighted by Gasteiger charge is 2.04. The Morgan fingerprint density at radius 2 is 1.19 bits per heavy atom. The highest BCUT2D eigenvalue weighted by atomic mass is 16.5. The van der Waals surface area contributed by atoms with Gasteiger partial charge in [-0.05, 0) is 37.2 Å². The number of hydrogen-bond acceptors (Lipinski definition) is 4. The largest absolute Gasteiger partial charge is 0.490 e. The predicted octanol–water partition coefficient (Wildman–Crippen LogP) is 8.15. The van der Waals surface area contributed by atoms with E-state index in [1.165, 1.54) is 83.5 Å². The summed E-state index contributed by atoms with van der Waals surface area (Å²) in [6.45, 7) is 4.39. The van der Waals surface area contributed by atoms with Crippen LogP contribution in [-0.2, 0) is 4.79 Å². The molecule has 37 heavy (non-hydrogen) atoms. The number of unbranched alkanes of at least 4 members (excludes halogenated alkanes) is 13. The highest BCUT2D eigenvalue weighted by Crippen LogP contribution is 2.17. The van der Waals surface area contributed by atoms with Crippen molar-refractivity contribution in [1.29, 1.82) is 0 Å². The zero-order chi connectivity index (χ0) is 26.2. The third-order valence-corrected chi connectivity index (χ3v) is 6.47. The molecule has 0 aliphatic rings. The van der Waals surface area contributed by atoms with Crippen LogP contribution in [0.5, 0.6) is 11.5 Å². The van der Waals surface area contributed by atoms with Crippen LogP contribution in [0.25, 0.3) is 0 Å². The van der Waals surface area contributed by atoms with E-state index < -0.39 is 0 Å². The molecule has 2 aromatic rings.